The monoisotopic (exact) mass is 353 g/mol. The van der Waals surface area contributed by atoms with E-state index in [0.717, 1.165) is 16.6 Å². The maximum absolute atomic E-state index is 12.0. The summed E-state index contributed by atoms with van der Waals surface area (Å²) >= 11 is 1.43. The van der Waals surface area contributed by atoms with Gasteiger partial charge in [0.05, 0.1) is 15.1 Å². The third-order valence-electron chi connectivity index (χ3n) is 3.62. The summed E-state index contributed by atoms with van der Waals surface area (Å²) in [6.45, 7) is 2.09. The number of hydrogen-bond acceptors (Lipinski definition) is 5. The number of aryl methyl sites for hydroxylation is 1. The number of nitro benzene ring substituents is 1. The number of aromatic nitrogens is 1. The Morgan fingerprint density at radius 1 is 1.28 bits per heavy atom. The number of anilines is 1. The Hall–Kier alpha value is -3.06. The van der Waals surface area contributed by atoms with Crippen LogP contribution in [0.2, 0.25) is 0 Å². The van der Waals surface area contributed by atoms with Crippen LogP contribution in [0.1, 0.15) is 18.1 Å². The SMILES string of the molecule is CCc1ccc2nc(NC(=O)/C=C/c3ccc([N+](=O)[O-])cc3)sc2c1. The van der Waals surface area contributed by atoms with Gasteiger partial charge in [-0.1, -0.05) is 24.3 Å². The van der Waals surface area contributed by atoms with Crippen molar-refractivity contribution in [2.75, 3.05) is 5.32 Å². The molecule has 1 aromatic heterocycles. The molecule has 1 heterocycles. The summed E-state index contributed by atoms with van der Waals surface area (Å²) in [5, 5.41) is 13.9. The molecule has 25 heavy (non-hydrogen) atoms. The normalized spacial score (nSPS) is 11.1. The van der Waals surface area contributed by atoms with Crippen molar-refractivity contribution in [2.24, 2.45) is 0 Å². The average molecular weight is 353 g/mol. The first kappa shape index (κ1) is 16.8. The van der Waals surface area contributed by atoms with E-state index < -0.39 is 4.92 Å². The number of thiazole rings is 1. The van der Waals surface area contributed by atoms with Crippen molar-refractivity contribution in [3.05, 3.63) is 69.8 Å². The summed E-state index contributed by atoms with van der Waals surface area (Å²) in [5.41, 5.74) is 2.81. The van der Waals surface area contributed by atoms with Crippen molar-refractivity contribution in [2.45, 2.75) is 13.3 Å². The molecule has 3 rings (SSSR count). The fraction of sp³-hybridized carbons (Fsp3) is 0.111. The van der Waals surface area contributed by atoms with Crippen LogP contribution in [0.4, 0.5) is 10.8 Å². The molecule has 0 fully saturated rings. The summed E-state index contributed by atoms with van der Waals surface area (Å²) in [6, 6.07) is 12.0. The molecule has 7 heteroatoms. The van der Waals surface area contributed by atoms with Gasteiger partial charge in [-0.05, 0) is 47.9 Å². The lowest BCUT2D eigenvalue weighted by Crippen LogP contribution is -2.07. The van der Waals surface area contributed by atoms with Gasteiger partial charge in [-0.25, -0.2) is 4.98 Å². The number of nitro groups is 1. The number of hydrogen-bond donors (Lipinski definition) is 1. The van der Waals surface area contributed by atoms with Gasteiger partial charge in [0.2, 0.25) is 5.91 Å². The van der Waals surface area contributed by atoms with Crippen LogP contribution in [0.5, 0.6) is 0 Å². The Morgan fingerprint density at radius 2 is 2.04 bits per heavy atom. The molecule has 126 valence electrons. The van der Waals surface area contributed by atoms with Crippen molar-refractivity contribution in [1.29, 1.82) is 0 Å². The number of rotatable bonds is 5. The number of amides is 1. The third kappa shape index (κ3) is 4.07. The van der Waals surface area contributed by atoms with E-state index in [1.54, 1.807) is 18.2 Å². The molecular weight excluding hydrogens is 338 g/mol. The van der Waals surface area contributed by atoms with Crippen LogP contribution in [0.25, 0.3) is 16.3 Å². The fourth-order valence-corrected chi connectivity index (χ4v) is 3.20. The van der Waals surface area contributed by atoms with E-state index in [-0.39, 0.29) is 11.6 Å². The highest BCUT2D eigenvalue weighted by Crippen LogP contribution is 2.27. The minimum atomic E-state index is -0.461. The van der Waals surface area contributed by atoms with Gasteiger partial charge in [-0.15, -0.1) is 0 Å². The van der Waals surface area contributed by atoms with Crippen molar-refractivity contribution in [3.63, 3.8) is 0 Å². The van der Waals surface area contributed by atoms with Gasteiger partial charge in [0.15, 0.2) is 5.13 Å². The highest BCUT2D eigenvalue weighted by Gasteiger charge is 2.07. The zero-order valence-electron chi connectivity index (χ0n) is 13.4. The molecular formula is C18H15N3O3S. The largest absolute Gasteiger partial charge is 0.298 e. The van der Waals surface area contributed by atoms with Crippen LogP contribution in [-0.2, 0) is 11.2 Å². The van der Waals surface area contributed by atoms with Gasteiger partial charge in [-0.3, -0.25) is 20.2 Å². The Morgan fingerprint density at radius 3 is 2.72 bits per heavy atom. The number of nitrogens with zero attached hydrogens (tertiary/aromatic N) is 2. The molecule has 1 N–H and O–H groups in total. The van der Waals surface area contributed by atoms with Gasteiger partial charge in [-0.2, -0.15) is 0 Å². The fourth-order valence-electron chi connectivity index (χ4n) is 2.27. The van der Waals surface area contributed by atoms with E-state index in [9.17, 15) is 14.9 Å². The topological polar surface area (TPSA) is 85.1 Å². The van der Waals surface area contributed by atoms with Crippen LogP contribution in [-0.4, -0.2) is 15.8 Å². The van der Waals surface area contributed by atoms with Crippen molar-refractivity contribution >= 4 is 44.4 Å². The molecule has 6 nitrogen and oxygen atoms in total. The van der Waals surface area contributed by atoms with E-state index in [1.807, 2.05) is 12.1 Å². The molecule has 0 bridgehead atoms. The molecule has 1 amide bonds. The molecule has 0 atom stereocenters. The van der Waals surface area contributed by atoms with Gasteiger partial charge in [0, 0.05) is 18.2 Å². The molecule has 0 aliphatic heterocycles. The Balaban J connectivity index is 1.68. The minimum Gasteiger partial charge on any atom is -0.298 e. The van der Waals surface area contributed by atoms with Crippen molar-refractivity contribution < 1.29 is 9.72 Å². The standard InChI is InChI=1S/C18H15N3O3S/c1-2-12-5-9-15-16(11-12)25-18(19-15)20-17(22)10-6-13-3-7-14(8-4-13)21(23)24/h3-11H,2H2,1H3,(H,19,20,22)/b10-6+. The Kier molecular flexibility index (Phi) is 4.85. The Labute approximate surface area is 148 Å². The number of fused-ring (bicyclic) bond motifs is 1. The second kappa shape index (κ2) is 7.23. The quantitative estimate of drug-likeness (QED) is 0.418. The zero-order chi connectivity index (χ0) is 17.8. The minimum absolute atomic E-state index is 0.0162. The summed E-state index contributed by atoms with van der Waals surface area (Å²) in [7, 11) is 0. The summed E-state index contributed by atoms with van der Waals surface area (Å²) in [6.07, 6.45) is 3.93. The first-order chi connectivity index (χ1) is 12.0. The second-order valence-corrected chi connectivity index (χ2v) is 6.38. The number of benzene rings is 2. The lowest BCUT2D eigenvalue weighted by atomic mass is 10.2. The van der Waals surface area contributed by atoms with Crippen LogP contribution in [0.3, 0.4) is 0 Å². The summed E-state index contributed by atoms with van der Waals surface area (Å²) in [4.78, 5) is 26.6. The molecule has 0 radical (unpaired) electrons. The predicted octanol–water partition coefficient (Wildman–Crippen LogP) is 4.42. The van der Waals surface area contributed by atoms with Gasteiger partial charge >= 0.3 is 0 Å². The highest BCUT2D eigenvalue weighted by molar-refractivity contribution is 7.22. The van der Waals surface area contributed by atoms with Gasteiger partial charge in [0.25, 0.3) is 5.69 Å². The zero-order valence-corrected chi connectivity index (χ0v) is 14.2. The molecule has 2 aromatic carbocycles. The highest BCUT2D eigenvalue weighted by atomic mass is 32.1. The van der Waals surface area contributed by atoms with E-state index >= 15 is 0 Å². The number of carbonyl (C=O) groups excluding carboxylic acids is 1. The number of nitrogens with one attached hydrogen (secondary N) is 1. The molecule has 0 aliphatic rings. The van der Waals surface area contributed by atoms with Crippen LogP contribution >= 0.6 is 11.3 Å². The van der Waals surface area contributed by atoms with Gasteiger partial charge < -0.3 is 0 Å². The molecule has 3 aromatic rings. The maximum atomic E-state index is 12.0. The maximum Gasteiger partial charge on any atom is 0.269 e. The van der Waals surface area contributed by atoms with Crippen LogP contribution < -0.4 is 5.32 Å². The predicted molar refractivity (Wildman–Crippen MR) is 99.8 cm³/mol. The lowest BCUT2D eigenvalue weighted by Gasteiger charge is -1.96. The van der Waals surface area contributed by atoms with E-state index in [2.05, 4.69) is 23.3 Å². The van der Waals surface area contributed by atoms with E-state index in [0.29, 0.717) is 10.7 Å². The number of non-ortho nitro benzene ring substituents is 1. The molecule has 0 spiro atoms. The second-order valence-electron chi connectivity index (χ2n) is 5.35. The smallest absolute Gasteiger partial charge is 0.269 e. The summed E-state index contributed by atoms with van der Waals surface area (Å²) in [5.74, 6) is -0.298. The van der Waals surface area contributed by atoms with E-state index in [1.165, 1.54) is 35.1 Å². The average Bonchev–Trinajstić information content (AvgIpc) is 3.01. The van der Waals surface area contributed by atoms with E-state index in [4.69, 9.17) is 0 Å². The molecule has 0 saturated heterocycles. The van der Waals surface area contributed by atoms with Gasteiger partial charge in [0.1, 0.15) is 0 Å². The lowest BCUT2D eigenvalue weighted by molar-refractivity contribution is -0.384. The summed E-state index contributed by atoms with van der Waals surface area (Å²) < 4.78 is 1.04. The number of carbonyl (C=O) groups is 1. The molecule has 0 aliphatic carbocycles. The van der Waals surface area contributed by atoms with Crippen molar-refractivity contribution in [3.8, 4) is 0 Å². The first-order valence-corrected chi connectivity index (χ1v) is 8.50. The van der Waals surface area contributed by atoms with Crippen LogP contribution in [0.15, 0.2) is 48.5 Å². The molecule has 0 unspecified atom stereocenters. The van der Waals surface area contributed by atoms with Crippen LogP contribution in [0, 0.1) is 10.1 Å². The Bertz CT molecular complexity index is 961. The molecule has 0 saturated carbocycles. The van der Waals surface area contributed by atoms with Crippen molar-refractivity contribution in [1.82, 2.24) is 4.98 Å². The first-order valence-electron chi connectivity index (χ1n) is 7.68. The third-order valence-corrected chi connectivity index (χ3v) is 4.56.